The maximum absolute atomic E-state index is 12.1. The zero-order chi connectivity index (χ0) is 13.9. The lowest BCUT2D eigenvalue weighted by molar-refractivity contribution is -0.118. The molecule has 0 fully saturated rings. The number of amides is 1. The SMILES string of the molecule is NC1C=CC(C(=O)Nc2cccc(-n3cnnc3)c2)C1. The van der Waals surface area contributed by atoms with Gasteiger partial charge >= 0.3 is 0 Å². The van der Waals surface area contributed by atoms with E-state index in [2.05, 4.69) is 15.5 Å². The average molecular weight is 269 g/mol. The van der Waals surface area contributed by atoms with E-state index in [4.69, 9.17) is 5.73 Å². The fraction of sp³-hybridized carbons (Fsp3) is 0.214. The number of rotatable bonds is 3. The summed E-state index contributed by atoms with van der Waals surface area (Å²) in [7, 11) is 0. The van der Waals surface area contributed by atoms with Gasteiger partial charge in [0.1, 0.15) is 12.7 Å². The second-order valence-corrected chi connectivity index (χ2v) is 4.80. The highest BCUT2D eigenvalue weighted by atomic mass is 16.1. The van der Waals surface area contributed by atoms with Gasteiger partial charge in [-0.1, -0.05) is 18.2 Å². The van der Waals surface area contributed by atoms with Crippen LogP contribution in [0, 0.1) is 5.92 Å². The molecule has 1 aliphatic rings. The molecule has 6 nitrogen and oxygen atoms in total. The molecule has 3 N–H and O–H groups in total. The highest BCUT2D eigenvalue weighted by Gasteiger charge is 2.22. The Morgan fingerprint density at radius 3 is 2.80 bits per heavy atom. The molecule has 2 atom stereocenters. The average Bonchev–Trinajstić information content (AvgIpc) is 3.10. The van der Waals surface area contributed by atoms with Gasteiger partial charge in [0.05, 0.1) is 11.6 Å². The standard InChI is InChI=1S/C14H15N5O/c15-11-5-4-10(6-11)14(20)18-12-2-1-3-13(7-12)19-8-16-17-9-19/h1-5,7-11H,6,15H2,(H,18,20). The molecule has 1 amide bonds. The molecule has 0 saturated heterocycles. The fourth-order valence-corrected chi connectivity index (χ4v) is 2.23. The van der Waals surface area contributed by atoms with Crippen molar-refractivity contribution in [2.45, 2.75) is 12.5 Å². The quantitative estimate of drug-likeness (QED) is 0.817. The predicted octanol–water partition coefficient (Wildman–Crippen LogP) is 1.11. The maximum atomic E-state index is 12.1. The molecule has 2 unspecified atom stereocenters. The molecule has 2 aromatic rings. The molecule has 1 heterocycles. The van der Waals surface area contributed by atoms with Crippen molar-refractivity contribution in [1.82, 2.24) is 14.8 Å². The van der Waals surface area contributed by atoms with Gasteiger partial charge in [-0.15, -0.1) is 10.2 Å². The smallest absolute Gasteiger partial charge is 0.231 e. The molecule has 1 aromatic carbocycles. The number of hydrogen-bond donors (Lipinski definition) is 2. The monoisotopic (exact) mass is 269 g/mol. The van der Waals surface area contributed by atoms with Gasteiger partial charge in [0.25, 0.3) is 0 Å². The molecule has 1 aliphatic carbocycles. The summed E-state index contributed by atoms with van der Waals surface area (Å²) in [6.45, 7) is 0. The summed E-state index contributed by atoms with van der Waals surface area (Å²) in [5.41, 5.74) is 7.40. The molecule has 0 radical (unpaired) electrons. The Bertz CT molecular complexity index is 635. The number of hydrogen-bond acceptors (Lipinski definition) is 4. The number of nitrogens with zero attached hydrogens (tertiary/aromatic N) is 3. The number of nitrogens with one attached hydrogen (secondary N) is 1. The number of carbonyl (C=O) groups is 1. The molecular formula is C14H15N5O. The predicted molar refractivity (Wildman–Crippen MR) is 75.2 cm³/mol. The Hall–Kier alpha value is -2.47. The van der Waals surface area contributed by atoms with Crippen molar-refractivity contribution in [2.75, 3.05) is 5.32 Å². The minimum atomic E-state index is -0.149. The van der Waals surface area contributed by atoms with Gasteiger partial charge in [0.15, 0.2) is 0 Å². The lowest BCUT2D eigenvalue weighted by Crippen LogP contribution is -2.24. The van der Waals surface area contributed by atoms with Crippen LogP contribution < -0.4 is 11.1 Å². The zero-order valence-corrected chi connectivity index (χ0v) is 10.8. The summed E-state index contributed by atoms with van der Waals surface area (Å²) in [4.78, 5) is 12.1. The molecule has 102 valence electrons. The van der Waals surface area contributed by atoms with Crippen LogP contribution in [0.15, 0.2) is 49.1 Å². The van der Waals surface area contributed by atoms with Crippen molar-refractivity contribution >= 4 is 11.6 Å². The molecule has 6 heteroatoms. The van der Waals surface area contributed by atoms with Gasteiger partial charge in [-0.2, -0.15) is 0 Å². The van der Waals surface area contributed by atoms with Crippen molar-refractivity contribution in [2.24, 2.45) is 11.7 Å². The van der Waals surface area contributed by atoms with Crippen LogP contribution in [0.25, 0.3) is 5.69 Å². The van der Waals surface area contributed by atoms with Crippen molar-refractivity contribution in [1.29, 1.82) is 0 Å². The maximum Gasteiger partial charge on any atom is 0.231 e. The van der Waals surface area contributed by atoms with E-state index in [-0.39, 0.29) is 17.9 Å². The minimum absolute atomic E-state index is 0.0193. The number of carbonyl (C=O) groups excluding carboxylic acids is 1. The van der Waals surface area contributed by atoms with Gasteiger partial charge in [-0.25, -0.2) is 0 Å². The number of aromatic nitrogens is 3. The summed E-state index contributed by atoms with van der Waals surface area (Å²) >= 11 is 0. The van der Waals surface area contributed by atoms with E-state index >= 15 is 0 Å². The Kier molecular flexibility index (Phi) is 3.30. The number of benzene rings is 1. The van der Waals surface area contributed by atoms with Crippen molar-refractivity contribution in [3.05, 3.63) is 49.1 Å². The Balaban J connectivity index is 1.73. The van der Waals surface area contributed by atoms with E-state index in [1.165, 1.54) is 0 Å². The van der Waals surface area contributed by atoms with Gasteiger partial charge < -0.3 is 11.1 Å². The number of nitrogens with two attached hydrogens (primary N) is 1. The van der Waals surface area contributed by atoms with Gasteiger partial charge in [-0.05, 0) is 24.6 Å². The third kappa shape index (κ3) is 2.60. The third-order valence-corrected chi connectivity index (χ3v) is 3.28. The molecule has 20 heavy (non-hydrogen) atoms. The van der Waals surface area contributed by atoms with E-state index in [1.807, 2.05) is 36.4 Å². The molecular weight excluding hydrogens is 254 g/mol. The van der Waals surface area contributed by atoms with Crippen molar-refractivity contribution < 1.29 is 4.79 Å². The van der Waals surface area contributed by atoms with Crippen LogP contribution in [0.5, 0.6) is 0 Å². The largest absolute Gasteiger partial charge is 0.326 e. The van der Waals surface area contributed by atoms with E-state index in [0.29, 0.717) is 6.42 Å². The molecule has 3 rings (SSSR count). The molecule has 0 saturated carbocycles. The van der Waals surface area contributed by atoms with Crippen LogP contribution >= 0.6 is 0 Å². The third-order valence-electron chi connectivity index (χ3n) is 3.28. The molecule has 1 aromatic heterocycles. The topological polar surface area (TPSA) is 85.8 Å². The van der Waals surface area contributed by atoms with Crippen LogP contribution in [-0.2, 0) is 4.79 Å². The second-order valence-electron chi connectivity index (χ2n) is 4.80. The molecule has 0 aliphatic heterocycles. The number of anilines is 1. The van der Waals surface area contributed by atoms with Crippen molar-refractivity contribution in [3.63, 3.8) is 0 Å². The van der Waals surface area contributed by atoms with E-state index in [0.717, 1.165) is 11.4 Å². The van der Waals surface area contributed by atoms with E-state index in [1.54, 1.807) is 17.2 Å². The summed E-state index contributed by atoms with van der Waals surface area (Å²) in [6, 6.07) is 7.50. The Labute approximate surface area is 116 Å². The van der Waals surface area contributed by atoms with Crippen LogP contribution in [0.4, 0.5) is 5.69 Å². The first-order chi connectivity index (χ1) is 9.72. The Morgan fingerprint density at radius 2 is 2.10 bits per heavy atom. The zero-order valence-electron chi connectivity index (χ0n) is 10.8. The van der Waals surface area contributed by atoms with Crippen LogP contribution in [0.2, 0.25) is 0 Å². The van der Waals surface area contributed by atoms with Crippen LogP contribution in [0.3, 0.4) is 0 Å². The molecule has 0 bridgehead atoms. The normalized spacial score (nSPS) is 21.1. The first-order valence-electron chi connectivity index (χ1n) is 6.42. The fourth-order valence-electron chi connectivity index (χ4n) is 2.23. The highest BCUT2D eigenvalue weighted by molar-refractivity contribution is 5.94. The summed E-state index contributed by atoms with van der Waals surface area (Å²) < 4.78 is 1.78. The summed E-state index contributed by atoms with van der Waals surface area (Å²) in [5, 5.41) is 10.4. The van der Waals surface area contributed by atoms with Crippen LogP contribution in [0.1, 0.15) is 6.42 Å². The lowest BCUT2D eigenvalue weighted by Gasteiger charge is -2.11. The van der Waals surface area contributed by atoms with Gasteiger partial charge in [-0.3, -0.25) is 9.36 Å². The van der Waals surface area contributed by atoms with Crippen molar-refractivity contribution in [3.8, 4) is 5.69 Å². The van der Waals surface area contributed by atoms with E-state index in [9.17, 15) is 4.79 Å². The van der Waals surface area contributed by atoms with Gasteiger partial charge in [0.2, 0.25) is 5.91 Å². The summed E-state index contributed by atoms with van der Waals surface area (Å²) in [5.74, 6) is -0.182. The van der Waals surface area contributed by atoms with E-state index < -0.39 is 0 Å². The summed E-state index contributed by atoms with van der Waals surface area (Å²) in [6.07, 6.45) is 7.62. The first-order valence-corrected chi connectivity index (χ1v) is 6.42. The first kappa shape index (κ1) is 12.6. The Morgan fingerprint density at radius 1 is 1.30 bits per heavy atom. The second kappa shape index (κ2) is 5.26. The van der Waals surface area contributed by atoms with Crippen LogP contribution in [-0.4, -0.2) is 26.7 Å². The lowest BCUT2D eigenvalue weighted by atomic mass is 10.1. The highest BCUT2D eigenvalue weighted by Crippen LogP contribution is 2.20. The minimum Gasteiger partial charge on any atom is -0.326 e. The van der Waals surface area contributed by atoms with Gasteiger partial charge in [0, 0.05) is 11.7 Å². The molecule has 0 spiro atoms.